The number of pyridine rings is 2. The summed E-state index contributed by atoms with van der Waals surface area (Å²) >= 11 is 0. The Kier molecular flexibility index (Phi) is 17.5. The Hall–Kier alpha value is -5.28. The molecule has 0 atom stereocenters. The molecule has 0 saturated carbocycles. The summed E-state index contributed by atoms with van der Waals surface area (Å²) in [6.07, 6.45) is 21.1. The third-order valence-corrected chi connectivity index (χ3v) is 6.24. The van der Waals surface area contributed by atoms with Crippen molar-refractivity contribution in [1.29, 1.82) is 0 Å². The molecule has 0 aliphatic rings. The molecule has 4 aromatic carbocycles. The third-order valence-electron chi connectivity index (χ3n) is 6.24. The van der Waals surface area contributed by atoms with Crippen LogP contribution in [0.3, 0.4) is 0 Å². The Morgan fingerprint density at radius 3 is 1.64 bits per heavy atom. The number of rotatable bonds is 5. The van der Waals surface area contributed by atoms with Crippen molar-refractivity contribution in [2.45, 2.75) is 0 Å². The van der Waals surface area contributed by atoms with Crippen LogP contribution in [0.5, 0.6) is 11.5 Å². The van der Waals surface area contributed by atoms with Gasteiger partial charge in [0.15, 0.2) is 0 Å². The van der Waals surface area contributed by atoms with Crippen LogP contribution in [0.2, 0.25) is 0 Å². The van der Waals surface area contributed by atoms with Gasteiger partial charge in [-0.2, -0.15) is 91.0 Å². The topological polar surface area (TPSA) is 52.6 Å². The first-order valence-corrected chi connectivity index (χ1v) is 15.0. The number of hydrogen-bond acceptors (Lipinski definition) is 3. The second kappa shape index (κ2) is 22.4. The summed E-state index contributed by atoms with van der Waals surface area (Å²) in [4.78, 5) is 7.57. The third kappa shape index (κ3) is 13.3. The van der Waals surface area contributed by atoms with E-state index >= 15 is 0 Å². The predicted octanol–water partition coefficient (Wildman–Crippen LogP) is 6.81. The predicted molar refractivity (Wildman–Crippen MR) is 182 cm³/mol. The van der Waals surface area contributed by atoms with Crippen molar-refractivity contribution in [1.82, 2.24) is 19.1 Å². The number of aryl methyl sites for hydroxylation is 1. The van der Waals surface area contributed by atoms with Gasteiger partial charge in [0.1, 0.15) is 0 Å². The van der Waals surface area contributed by atoms with E-state index in [1.807, 2.05) is 177 Å². The summed E-state index contributed by atoms with van der Waals surface area (Å²) in [5, 5.41) is 0. The van der Waals surface area contributed by atoms with Gasteiger partial charge in [0, 0.05) is 102 Å². The number of imidazole rings is 2. The summed E-state index contributed by atoms with van der Waals surface area (Å²) in [5.41, 5.74) is 2.83. The van der Waals surface area contributed by atoms with Gasteiger partial charge >= 0.3 is 0 Å². The summed E-state index contributed by atoms with van der Waals surface area (Å²) in [5.74, 6) is 1.34. The Balaban J connectivity index is 0.000000198. The first-order valence-electron chi connectivity index (χ1n) is 15.0. The Morgan fingerprint density at radius 2 is 1.12 bits per heavy atom. The van der Waals surface area contributed by atoms with E-state index in [4.69, 9.17) is 4.74 Å². The molecule has 0 unspecified atom stereocenters. The second-order valence-corrected chi connectivity index (χ2v) is 9.79. The maximum atomic E-state index is 5.70. The van der Waals surface area contributed by atoms with Gasteiger partial charge < -0.3 is 23.0 Å². The number of aromatic nitrogens is 6. The van der Waals surface area contributed by atoms with E-state index in [1.54, 1.807) is 24.8 Å². The quantitative estimate of drug-likeness (QED) is 0.109. The summed E-state index contributed by atoms with van der Waals surface area (Å²) in [7, 11) is 1.93. The second-order valence-electron chi connectivity index (χ2n) is 9.79. The molecule has 50 heavy (non-hydrogen) atoms. The van der Waals surface area contributed by atoms with E-state index in [-0.39, 0.29) is 40.8 Å². The number of benzene rings is 4. The van der Waals surface area contributed by atoms with E-state index < -0.39 is 0 Å². The van der Waals surface area contributed by atoms with Crippen LogP contribution in [0, 0.1) is 36.9 Å². The van der Waals surface area contributed by atoms with Crippen LogP contribution in [0.15, 0.2) is 177 Å². The molecule has 4 aromatic heterocycles. The van der Waals surface area contributed by atoms with Gasteiger partial charge in [0.2, 0.25) is 6.33 Å². The van der Waals surface area contributed by atoms with Crippen molar-refractivity contribution < 1.29 is 54.7 Å². The van der Waals surface area contributed by atoms with E-state index in [1.165, 1.54) is 0 Å². The molecule has 0 aliphatic carbocycles. The molecule has 4 heterocycles. The van der Waals surface area contributed by atoms with Crippen LogP contribution in [-0.4, -0.2) is 19.1 Å². The van der Waals surface area contributed by atoms with E-state index in [2.05, 4.69) is 46.9 Å². The standard InChI is InChI=1S/C16H12N2O.C15H10N2.2C5H5N.2Pd/c1-17-10-11-18(13-17)14-6-5-9-16(12-14)19-15-7-3-2-4-8-15;1-3-7-14(8-4-1)16-11-12-17(13-16)15-9-5-2-6-10-15;2*1-2-4-6-5-3-1;;/h2-7,9-11H,1H3;1-7,9,11-12H;2*1-5H;;/q2*-2;;;;. The average molecular weight is 838 g/mol. The first kappa shape index (κ1) is 39.2. The number of para-hydroxylation sites is 3. The van der Waals surface area contributed by atoms with Crippen LogP contribution in [0.1, 0.15) is 0 Å². The zero-order valence-electron chi connectivity index (χ0n) is 27.0. The van der Waals surface area contributed by atoms with Crippen LogP contribution in [-0.2, 0) is 47.9 Å². The van der Waals surface area contributed by atoms with E-state index in [0.717, 1.165) is 17.1 Å². The smallest absolute Gasteiger partial charge is 0.265 e. The van der Waals surface area contributed by atoms with Crippen LogP contribution >= 0.6 is 0 Å². The molecule has 0 aliphatic heterocycles. The molecular formula is C41H32N6OPd2-4. The van der Waals surface area contributed by atoms with Gasteiger partial charge in [-0.25, -0.2) is 0 Å². The van der Waals surface area contributed by atoms with Crippen LogP contribution in [0.25, 0.3) is 17.1 Å². The molecule has 0 bridgehead atoms. The van der Waals surface area contributed by atoms with Gasteiger partial charge in [-0.05, 0) is 35.6 Å². The molecule has 0 amide bonds. The van der Waals surface area contributed by atoms with Crippen molar-refractivity contribution in [3.05, 3.63) is 214 Å². The fraction of sp³-hybridized carbons (Fsp3) is 0.0244. The van der Waals surface area contributed by atoms with Gasteiger partial charge in [-0.3, -0.25) is 9.97 Å². The van der Waals surface area contributed by atoms with Gasteiger partial charge in [0.05, 0.1) is 7.05 Å². The van der Waals surface area contributed by atoms with Crippen molar-refractivity contribution in [2.24, 2.45) is 7.05 Å². The minimum atomic E-state index is 0. The molecule has 9 heteroatoms. The molecular weight excluding hydrogens is 805 g/mol. The number of nitrogens with zero attached hydrogens (tertiary/aromatic N) is 6. The van der Waals surface area contributed by atoms with Gasteiger partial charge in [0.25, 0.3) is 6.33 Å². The fourth-order valence-electron chi connectivity index (χ4n) is 4.01. The first-order chi connectivity index (χ1) is 23.7. The largest absolute Gasteiger partial charge is 0.510 e. The van der Waals surface area contributed by atoms with Crippen molar-refractivity contribution in [3.63, 3.8) is 0 Å². The van der Waals surface area contributed by atoms with Crippen molar-refractivity contribution >= 4 is 0 Å². The van der Waals surface area contributed by atoms with Crippen molar-refractivity contribution in [3.8, 4) is 28.6 Å². The molecule has 0 fully saturated rings. The summed E-state index contributed by atoms with van der Waals surface area (Å²) in [6.45, 7) is 0. The number of ether oxygens (including phenoxy) is 1. The van der Waals surface area contributed by atoms with E-state index in [9.17, 15) is 0 Å². The normalized spacial score (nSPS) is 9.38. The zero-order chi connectivity index (χ0) is 33.1. The molecule has 0 radical (unpaired) electrons. The molecule has 8 aromatic rings. The Bertz CT molecular complexity index is 1870. The molecule has 7 nitrogen and oxygen atoms in total. The summed E-state index contributed by atoms with van der Waals surface area (Å²) in [6, 6.07) is 52.9. The Morgan fingerprint density at radius 1 is 0.540 bits per heavy atom. The molecule has 0 spiro atoms. The van der Waals surface area contributed by atoms with Crippen LogP contribution in [0.4, 0.5) is 0 Å². The van der Waals surface area contributed by atoms with Crippen LogP contribution < -0.4 is 13.9 Å². The minimum absolute atomic E-state index is 0. The SMILES string of the molecule is C[n+]1[c-]n(-c2[c-]c(Oc3[c-]cccc3)ccc2)cc1.[Pd].[Pd].[c-]1ccccc1-n1[c-][n+](-c2[c-]cccc2)cc1.c1ccncc1.c1ccncc1. The zero-order valence-corrected chi connectivity index (χ0v) is 30.1. The number of hydrogen-bond donors (Lipinski definition) is 0. The minimum Gasteiger partial charge on any atom is -0.510 e. The average Bonchev–Trinajstić information content (AvgIpc) is 3.85. The molecule has 8 rings (SSSR count). The Labute approximate surface area is 321 Å². The fourth-order valence-corrected chi connectivity index (χ4v) is 4.01. The molecule has 256 valence electrons. The monoisotopic (exact) mass is 836 g/mol. The maximum Gasteiger partial charge on any atom is 0.265 e. The maximum absolute atomic E-state index is 5.70. The molecule has 0 N–H and O–H groups in total. The van der Waals surface area contributed by atoms with Gasteiger partial charge in [-0.1, -0.05) is 17.8 Å². The van der Waals surface area contributed by atoms with Gasteiger partial charge in [-0.15, -0.1) is 24.3 Å². The van der Waals surface area contributed by atoms with Crippen molar-refractivity contribution in [2.75, 3.05) is 0 Å². The van der Waals surface area contributed by atoms with E-state index in [0.29, 0.717) is 11.5 Å². The summed E-state index contributed by atoms with van der Waals surface area (Å²) < 4.78 is 13.2. The molecule has 0 saturated heterocycles.